The summed E-state index contributed by atoms with van der Waals surface area (Å²) >= 11 is 0. The van der Waals surface area contributed by atoms with Crippen molar-refractivity contribution in [3.05, 3.63) is 108 Å². The van der Waals surface area contributed by atoms with Crippen molar-refractivity contribution in [1.29, 1.82) is 0 Å². The highest BCUT2D eigenvalue weighted by atomic mass is 16.4. The SMILES string of the molecule is NC(N)=NCCC[C@H](NC(=O)[C@@H]1C[C@@H](Cc2ccccc2)[C@@H]2CC[C@H](NC(=O)Cc3ccccc3)C(=O)N12)C(=O)N[C@H](CCc1ccccc1)CC(=O)O. The number of aryl methyl sites for hydroxylation is 1. The van der Waals surface area contributed by atoms with Crippen molar-refractivity contribution in [1.82, 2.24) is 20.9 Å². The number of carbonyl (C=O) groups excluding carboxylic acids is 4. The number of carbonyl (C=O) groups is 5. The second-order valence-electron chi connectivity index (χ2n) is 14.2. The first-order valence-corrected chi connectivity index (χ1v) is 18.7. The number of aliphatic imine (C=N–C) groups is 1. The largest absolute Gasteiger partial charge is 0.481 e. The van der Waals surface area contributed by atoms with Gasteiger partial charge in [0.1, 0.15) is 18.1 Å². The molecule has 6 atom stereocenters. The first kappa shape index (κ1) is 39.5. The number of nitrogens with two attached hydrogens (primary N) is 2. The number of nitrogens with one attached hydrogen (secondary N) is 3. The van der Waals surface area contributed by atoms with Gasteiger partial charge in [-0.2, -0.15) is 0 Å². The lowest BCUT2D eigenvalue weighted by Gasteiger charge is -2.39. The molecule has 0 unspecified atom stereocenters. The van der Waals surface area contributed by atoms with E-state index in [2.05, 4.69) is 20.9 Å². The molecule has 0 spiro atoms. The third kappa shape index (κ3) is 11.4. The molecule has 286 valence electrons. The van der Waals surface area contributed by atoms with Crippen LogP contribution in [0.15, 0.2) is 96.0 Å². The van der Waals surface area contributed by atoms with Gasteiger partial charge in [0.15, 0.2) is 5.96 Å². The van der Waals surface area contributed by atoms with Crippen molar-refractivity contribution in [2.45, 2.75) is 94.4 Å². The summed E-state index contributed by atoms with van der Waals surface area (Å²) in [5, 5.41) is 18.3. The maximum Gasteiger partial charge on any atom is 0.305 e. The van der Waals surface area contributed by atoms with Crippen LogP contribution in [0.4, 0.5) is 0 Å². The Hall–Kier alpha value is -5.72. The fourth-order valence-corrected chi connectivity index (χ4v) is 7.64. The van der Waals surface area contributed by atoms with E-state index in [1.807, 2.05) is 91.0 Å². The number of piperidine rings is 1. The van der Waals surface area contributed by atoms with Gasteiger partial charge in [-0.1, -0.05) is 91.0 Å². The van der Waals surface area contributed by atoms with Crippen molar-refractivity contribution in [2.75, 3.05) is 6.54 Å². The number of carboxylic acid groups (broad SMARTS) is 1. The molecule has 2 fully saturated rings. The minimum absolute atomic E-state index is 0.0276. The number of hydrogen-bond donors (Lipinski definition) is 6. The van der Waals surface area contributed by atoms with Crippen molar-refractivity contribution in [3.8, 4) is 0 Å². The van der Waals surface area contributed by atoms with E-state index >= 15 is 0 Å². The van der Waals surface area contributed by atoms with Crippen LogP contribution in [0.25, 0.3) is 0 Å². The number of carboxylic acids is 1. The molecule has 54 heavy (non-hydrogen) atoms. The maximum atomic E-state index is 14.3. The highest BCUT2D eigenvalue weighted by Crippen LogP contribution is 2.39. The van der Waals surface area contributed by atoms with Gasteiger partial charge in [0.25, 0.3) is 0 Å². The monoisotopic (exact) mass is 737 g/mol. The Morgan fingerprint density at radius 1 is 0.833 bits per heavy atom. The summed E-state index contributed by atoms with van der Waals surface area (Å²) in [6.07, 6.45) is 3.36. The molecule has 2 aliphatic heterocycles. The summed E-state index contributed by atoms with van der Waals surface area (Å²) in [5.41, 5.74) is 13.9. The van der Waals surface area contributed by atoms with E-state index in [1.54, 1.807) is 4.90 Å². The molecule has 3 aromatic carbocycles. The zero-order chi connectivity index (χ0) is 38.5. The summed E-state index contributed by atoms with van der Waals surface area (Å²) in [6.45, 7) is 0.216. The zero-order valence-electron chi connectivity index (χ0n) is 30.4. The van der Waals surface area contributed by atoms with Crippen LogP contribution in [0.1, 0.15) is 61.6 Å². The zero-order valence-corrected chi connectivity index (χ0v) is 30.4. The molecule has 0 aliphatic carbocycles. The van der Waals surface area contributed by atoms with Crippen LogP contribution in [-0.2, 0) is 43.2 Å². The van der Waals surface area contributed by atoms with Gasteiger partial charge in [-0.15, -0.1) is 0 Å². The van der Waals surface area contributed by atoms with Gasteiger partial charge in [0.05, 0.1) is 12.8 Å². The van der Waals surface area contributed by atoms with Crippen LogP contribution in [0.2, 0.25) is 0 Å². The minimum Gasteiger partial charge on any atom is -0.481 e. The van der Waals surface area contributed by atoms with E-state index in [4.69, 9.17) is 11.5 Å². The third-order valence-electron chi connectivity index (χ3n) is 10.2. The molecule has 0 saturated carbocycles. The normalized spacial score (nSPS) is 20.2. The highest BCUT2D eigenvalue weighted by Gasteiger charge is 2.51. The Bertz CT molecular complexity index is 1750. The lowest BCUT2D eigenvalue weighted by atomic mass is 9.86. The molecular formula is C41H51N7O6. The standard InChI is InChI=1S/C41H51N7O6/c42-41(43)44-22-10-17-32(38(52)45-31(26-37(50)51)19-18-27-11-4-1-5-12-27)47-39(53)35-25-30(23-28-13-6-2-7-14-28)34-21-20-33(40(54)48(34)35)46-36(49)24-29-15-8-3-9-16-29/h1-9,11-16,30-35H,10,17-26H2,(H,45,52)(H,46,49)(H,47,53)(H,50,51)(H4,42,43,44)/t30-,31-,32+,33+,34+,35+/m1/s1. The van der Waals surface area contributed by atoms with Gasteiger partial charge >= 0.3 is 5.97 Å². The minimum atomic E-state index is -1.06. The molecule has 0 bridgehead atoms. The lowest BCUT2D eigenvalue weighted by molar-refractivity contribution is -0.147. The van der Waals surface area contributed by atoms with Gasteiger partial charge in [-0.25, -0.2) is 0 Å². The number of amides is 4. The number of guanidine groups is 1. The fraction of sp³-hybridized carbons (Fsp3) is 0.415. The van der Waals surface area contributed by atoms with Crippen LogP contribution in [0.5, 0.6) is 0 Å². The van der Waals surface area contributed by atoms with Crippen LogP contribution in [0.3, 0.4) is 0 Å². The molecule has 2 saturated heterocycles. The molecule has 2 aliphatic rings. The third-order valence-corrected chi connectivity index (χ3v) is 10.2. The molecule has 0 radical (unpaired) electrons. The number of rotatable bonds is 18. The first-order valence-electron chi connectivity index (χ1n) is 18.7. The quantitative estimate of drug-likeness (QED) is 0.0648. The Labute approximate surface area is 316 Å². The van der Waals surface area contributed by atoms with Gasteiger partial charge in [-0.05, 0) is 74.0 Å². The van der Waals surface area contributed by atoms with E-state index < -0.39 is 42.0 Å². The number of nitrogens with zero attached hydrogens (tertiary/aromatic N) is 2. The van der Waals surface area contributed by atoms with Crippen molar-refractivity contribution in [3.63, 3.8) is 0 Å². The number of hydrogen-bond acceptors (Lipinski definition) is 6. The van der Waals surface area contributed by atoms with Crippen molar-refractivity contribution < 1.29 is 29.1 Å². The predicted molar refractivity (Wildman–Crippen MR) is 205 cm³/mol. The fourth-order valence-electron chi connectivity index (χ4n) is 7.64. The molecule has 13 nitrogen and oxygen atoms in total. The molecule has 13 heteroatoms. The Balaban J connectivity index is 1.33. The second kappa shape index (κ2) is 19.4. The summed E-state index contributed by atoms with van der Waals surface area (Å²) in [6, 6.07) is 25.1. The van der Waals surface area contributed by atoms with Gasteiger partial charge in [-0.3, -0.25) is 29.0 Å². The Morgan fingerprint density at radius 3 is 2.09 bits per heavy atom. The number of aliphatic carboxylic acids is 1. The maximum absolute atomic E-state index is 14.3. The number of fused-ring (bicyclic) bond motifs is 1. The summed E-state index contributed by atoms with van der Waals surface area (Å²) in [7, 11) is 0. The van der Waals surface area contributed by atoms with Gasteiger partial charge in [0.2, 0.25) is 23.6 Å². The predicted octanol–water partition coefficient (Wildman–Crippen LogP) is 2.47. The van der Waals surface area contributed by atoms with E-state index in [1.165, 1.54) is 0 Å². The number of benzene rings is 3. The molecule has 2 heterocycles. The van der Waals surface area contributed by atoms with Gasteiger partial charge < -0.3 is 37.4 Å². The summed E-state index contributed by atoms with van der Waals surface area (Å²) in [4.78, 5) is 72.8. The smallest absolute Gasteiger partial charge is 0.305 e. The van der Waals surface area contributed by atoms with E-state index in [0.29, 0.717) is 44.9 Å². The van der Waals surface area contributed by atoms with Gasteiger partial charge in [0, 0.05) is 18.6 Å². The average molecular weight is 738 g/mol. The van der Waals surface area contributed by atoms with Crippen LogP contribution in [-0.4, -0.2) is 82.3 Å². The van der Waals surface area contributed by atoms with E-state index in [9.17, 15) is 29.1 Å². The van der Waals surface area contributed by atoms with Crippen molar-refractivity contribution in [2.24, 2.45) is 22.4 Å². The van der Waals surface area contributed by atoms with E-state index in [-0.39, 0.29) is 55.5 Å². The lowest BCUT2D eigenvalue weighted by Crippen LogP contribution is -2.60. The molecular weight excluding hydrogens is 686 g/mol. The van der Waals surface area contributed by atoms with Crippen LogP contribution in [0, 0.1) is 5.92 Å². The molecule has 0 aromatic heterocycles. The Kier molecular flexibility index (Phi) is 14.2. The molecule has 5 rings (SSSR count). The summed E-state index contributed by atoms with van der Waals surface area (Å²) < 4.78 is 0. The average Bonchev–Trinajstić information content (AvgIpc) is 3.52. The first-order chi connectivity index (χ1) is 26.1. The molecule has 3 aromatic rings. The Morgan fingerprint density at radius 2 is 1.46 bits per heavy atom. The molecule has 4 amide bonds. The topological polar surface area (TPSA) is 209 Å². The second-order valence-corrected chi connectivity index (χ2v) is 14.2. The molecule has 8 N–H and O–H groups in total. The highest BCUT2D eigenvalue weighted by molar-refractivity contribution is 5.95. The van der Waals surface area contributed by atoms with Crippen LogP contribution >= 0.6 is 0 Å². The summed E-state index contributed by atoms with van der Waals surface area (Å²) in [5.74, 6) is -2.80. The van der Waals surface area contributed by atoms with E-state index in [0.717, 1.165) is 16.7 Å². The van der Waals surface area contributed by atoms with Crippen molar-refractivity contribution >= 4 is 35.6 Å². The van der Waals surface area contributed by atoms with Crippen LogP contribution < -0.4 is 27.4 Å².